The summed E-state index contributed by atoms with van der Waals surface area (Å²) in [6, 6.07) is 10.3. The van der Waals surface area contributed by atoms with Crippen molar-refractivity contribution in [2.75, 3.05) is 33.2 Å². The number of allylic oxidation sites excluding steroid dienone is 3. The van der Waals surface area contributed by atoms with Crippen LogP contribution in [0, 0.1) is 17.8 Å². The number of rotatable bonds is 7. The van der Waals surface area contributed by atoms with Gasteiger partial charge < -0.3 is 14.6 Å². The number of amidine groups is 1. The number of aliphatic imine (C=N–C) groups is 1. The first kappa shape index (κ1) is 27.1. The number of hydrogen-bond acceptors (Lipinski definition) is 5. The Hall–Kier alpha value is -2.53. The molecule has 5 nitrogen and oxygen atoms in total. The second kappa shape index (κ2) is 12.1. The summed E-state index contributed by atoms with van der Waals surface area (Å²) in [6.07, 6.45) is 13.2. The lowest BCUT2D eigenvalue weighted by Gasteiger charge is -2.36. The summed E-state index contributed by atoms with van der Waals surface area (Å²) in [5, 5.41) is 1.90. The second-order valence-electron chi connectivity index (χ2n) is 12.3. The van der Waals surface area contributed by atoms with Gasteiger partial charge in [0.1, 0.15) is 6.17 Å². The fourth-order valence-electron chi connectivity index (χ4n) is 6.55. The number of piperidine rings is 2. The predicted molar refractivity (Wildman–Crippen MR) is 158 cm³/mol. The van der Waals surface area contributed by atoms with Gasteiger partial charge in [0.2, 0.25) is 0 Å². The first-order chi connectivity index (χ1) is 18.4. The molecule has 4 aliphatic rings. The van der Waals surface area contributed by atoms with E-state index in [1.54, 1.807) is 0 Å². The molecule has 2 fully saturated rings. The highest BCUT2D eigenvalue weighted by Gasteiger charge is 2.32. The van der Waals surface area contributed by atoms with Crippen LogP contribution in [-0.4, -0.2) is 60.3 Å². The Bertz CT molecular complexity index is 1040. The van der Waals surface area contributed by atoms with Gasteiger partial charge in [-0.15, -0.1) is 5.06 Å². The Morgan fingerprint density at radius 2 is 1.74 bits per heavy atom. The highest BCUT2D eigenvalue weighted by Crippen LogP contribution is 2.36. The molecule has 2 saturated heterocycles. The van der Waals surface area contributed by atoms with E-state index in [2.05, 4.69) is 67.1 Å². The van der Waals surface area contributed by atoms with Gasteiger partial charge in [-0.1, -0.05) is 62.9 Å². The zero-order chi connectivity index (χ0) is 26.6. The van der Waals surface area contributed by atoms with E-state index in [-0.39, 0.29) is 6.17 Å². The Labute approximate surface area is 230 Å². The molecular weight excluding hydrogens is 468 g/mol. The van der Waals surface area contributed by atoms with Gasteiger partial charge in [0, 0.05) is 44.8 Å². The molecule has 3 heterocycles. The molecule has 38 heavy (non-hydrogen) atoms. The lowest BCUT2D eigenvalue weighted by Crippen LogP contribution is -2.39. The van der Waals surface area contributed by atoms with Crippen LogP contribution in [0.15, 0.2) is 59.8 Å². The molecule has 0 saturated carbocycles. The van der Waals surface area contributed by atoms with E-state index < -0.39 is 0 Å². The molecular formula is C33H48N4O. The number of benzene rings is 1. The summed E-state index contributed by atoms with van der Waals surface area (Å²) in [5.41, 5.74) is 7.14. The summed E-state index contributed by atoms with van der Waals surface area (Å²) in [7, 11) is 1.99. The Kier molecular flexibility index (Phi) is 8.62. The van der Waals surface area contributed by atoms with Gasteiger partial charge in [-0.3, -0.25) is 0 Å². The maximum atomic E-state index is 5.94. The van der Waals surface area contributed by atoms with Gasteiger partial charge in [-0.25, -0.2) is 4.99 Å². The molecule has 0 spiro atoms. The summed E-state index contributed by atoms with van der Waals surface area (Å²) in [6.45, 7) is 17.3. The average Bonchev–Trinajstić information content (AvgIpc) is 3.34. The molecule has 0 bridgehead atoms. The molecule has 2 atom stereocenters. The highest BCUT2D eigenvalue weighted by atomic mass is 16.7. The van der Waals surface area contributed by atoms with Crippen LogP contribution in [0.3, 0.4) is 0 Å². The van der Waals surface area contributed by atoms with E-state index in [0.717, 1.165) is 63.8 Å². The van der Waals surface area contributed by atoms with E-state index in [1.807, 2.05) is 12.1 Å². The number of hydroxylamine groups is 2. The zero-order valence-electron chi connectivity index (χ0n) is 24.0. The fraction of sp³-hybridized carbons (Fsp3) is 0.606. The van der Waals surface area contributed by atoms with Crippen molar-refractivity contribution in [2.24, 2.45) is 22.7 Å². The maximum Gasteiger partial charge on any atom is 0.309 e. The minimum absolute atomic E-state index is 0.136. The van der Waals surface area contributed by atoms with Gasteiger partial charge in [0.05, 0.1) is 0 Å². The highest BCUT2D eigenvalue weighted by molar-refractivity contribution is 5.75. The van der Waals surface area contributed by atoms with Gasteiger partial charge >= 0.3 is 6.02 Å². The van der Waals surface area contributed by atoms with Crippen molar-refractivity contribution in [3.05, 3.63) is 65.9 Å². The van der Waals surface area contributed by atoms with E-state index in [1.165, 1.54) is 60.1 Å². The van der Waals surface area contributed by atoms with E-state index in [4.69, 9.17) is 9.83 Å². The number of hydrogen-bond donors (Lipinski definition) is 0. The van der Waals surface area contributed by atoms with Crippen molar-refractivity contribution in [2.45, 2.75) is 77.8 Å². The van der Waals surface area contributed by atoms with Gasteiger partial charge in [-0.2, -0.15) is 0 Å². The van der Waals surface area contributed by atoms with E-state index in [0.29, 0.717) is 11.8 Å². The SMILES string of the molecule is C=C1CCN(C(=C)C2CC=C(c3ccc(CCC4CCN(C5=NC(C(C)C)N(C)O5)CC4)cc3)CC2)CC1. The fourth-order valence-corrected chi connectivity index (χ4v) is 6.55. The quantitative estimate of drug-likeness (QED) is 0.369. The van der Waals surface area contributed by atoms with Crippen molar-refractivity contribution in [3.8, 4) is 0 Å². The van der Waals surface area contributed by atoms with Crippen molar-refractivity contribution < 1.29 is 4.84 Å². The van der Waals surface area contributed by atoms with Crippen LogP contribution in [0.5, 0.6) is 0 Å². The molecule has 5 rings (SSSR count). The molecule has 0 amide bonds. The lowest BCUT2D eigenvalue weighted by atomic mass is 9.84. The molecule has 0 radical (unpaired) electrons. The standard InChI is InChI=1S/C33H48N4O/c1-24(2)32-34-33(38-35(32)5)37-22-18-28(19-23-37)7-6-27-8-10-30(11-9-27)31-14-12-29(13-15-31)26(4)36-20-16-25(3)17-21-36/h8-11,14,24,28-29,32H,3-4,6-7,12-13,15-23H2,1-2,5H3. The van der Waals surface area contributed by atoms with Crippen LogP contribution in [-0.2, 0) is 11.3 Å². The summed E-state index contributed by atoms with van der Waals surface area (Å²) in [4.78, 5) is 15.6. The third-order valence-corrected chi connectivity index (χ3v) is 9.25. The summed E-state index contributed by atoms with van der Waals surface area (Å²) >= 11 is 0. The van der Waals surface area contributed by atoms with Gasteiger partial charge in [-0.05, 0) is 86.3 Å². The topological polar surface area (TPSA) is 31.3 Å². The van der Waals surface area contributed by atoms with E-state index in [9.17, 15) is 0 Å². The molecule has 3 aliphatic heterocycles. The van der Waals surface area contributed by atoms with E-state index >= 15 is 0 Å². The molecule has 0 N–H and O–H groups in total. The average molecular weight is 517 g/mol. The number of likely N-dealkylation sites (tertiary alicyclic amines) is 2. The molecule has 1 aliphatic carbocycles. The van der Waals surface area contributed by atoms with Crippen LogP contribution >= 0.6 is 0 Å². The van der Waals surface area contributed by atoms with Crippen molar-refractivity contribution in [1.82, 2.24) is 14.9 Å². The first-order valence-corrected chi connectivity index (χ1v) is 15.0. The molecule has 2 unspecified atom stereocenters. The largest absolute Gasteiger partial charge is 0.374 e. The molecule has 206 valence electrons. The Morgan fingerprint density at radius 1 is 1.03 bits per heavy atom. The van der Waals surface area contributed by atoms with Crippen LogP contribution < -0.4 is 0 Å². The Balaban J connectivity index is 1.05. The third-order valence-electron chi connectivity index (χ3n) is 9.25. The molecule has 1 aromatic carbocycles. The predicted octanol–water partition coefficient (Wildman–Crippen LogP) is 6.90. The van der Waals surface area contributed by atoms with Crippen LogP contribution in [0.1, 0.15) is 76.3 Å². The molecule has 1 aromatic rings. The number of aryl methyl sites for hydroxylation is 1. The van der Waals surface area contributed by atoms with Gasteiger partial charge in [0.25, 0.3) is 0 Å². The van der Waals surface area contributed by atoms with Crippen LogP contribution in [0.2, 0.25) is 0 Å². The van der Waals surface area contributed by atoms with Crippen LogP contribution in [0.4, 0.5) is 0 Å². The third kappa shape index (κ3) is 6.36. The summed E-state index contributed by atoms with van der Waals surface area (Å²) < 4.78 is 0. The minimum atomic E-state index is 0.136. The smallest absolute Gasteiger partial charge is 0.309 e. The van der Waals surface area contributed by atoms with Crippen LogP contribution in [0.25, 0.3) is 5.57 Å². The van der Waals surface area contributed by atoms with Crippen molar-refractivity contribution in [3.63, 3.8) is 0 Å². The van der Waals surface area contributed by atoms with Crippen molar-refractivity contribution in [1.29, 1.82) is 0 Å². The zero-order valence-corrected chi connectivity index (χ0v) is 24.0. The van der Waals surface area contributed by atoms with Crippen molar-refractivity contribution >= 4 is 11.6 Å². The monoisotopic (exact) mass is 516 g/mol. The molecule has 0 aromatic heterocycles. The number of nitrogens with zero attached hydrogens (tertiary/aromatic N) is 4. The summed E-state index contributed by atoms with van der Waals surface area (Å²) in [5.74, 6) is 1.84. The lowest BCUT2D eigenvalue weighted by molar-refractivity contribution is -0.0799. The Morgan fingerprint density at radius 3 is 2.34 bits per heavy atom. The second-order valence-corrected chi connectivity index (χ2v) is 12.3. The first-order valence-electron chi connectivity index (χ1n) is 15.0. The molecule has 5 heteroatoms. The maximum absolute atomic E-state index is 5.94. The minimum Gasteiger partial charge on any atom is -0.374 e. The van der Waals surface area contributed by atoms with Gasteiger partial charge in [0.15, 0.2) is 0 Å². The normalized spacial score (nSPS) is 25.4.